The maximum Gasteiger partial charge on any atom is 0.343 e. The zero-order valence-electron chi connectivity index (χ0n) is 22.2. The van der Waals surface area contributed by atoms with E-state index in [1.807, 2.05) is 0 Å². The van der Waals surface area contributed by atoms with Gasteiger partial charge >= 0.3 is 5.63 Å². The molecule has 5 rings (SSSR count). The maximum atomic E-state index is 13.2. The van der Waals surface area contributed by atoms with Gasteiger partial charge in [0.1, 0.15) is 11.5 Å². The smallest absolute Gasteiger partial charge is 0.343 e. The average Bonchev–Trinajstić information content (AvgIpc) is 3.67. The molecule has 0 bridgehead atoms. The highest BCUT2D eigenvalue weighted by molar-refractivity contribution is 7.92. The highest BCUT2D eigenvalue weighted by Gasteiger charge is 2.38. The molecule has 214 valence electrons. The van der Waals surface area contributed by atoms with Crippen LogP contribution in [0.3, 0.4) is 0 Å². The second kappa shape index (κ2) is 11.4. The number of benzene rings is 1. The molecule has 0 radical (unpaired) electrons. The first-order valence-corrected chi connectivity index (χ1v) is 14.8. The zero-order chi connectivity index (χ0) is 28.4. The molecule has 1 saturated heterocycles. The molecule has 1 aliphatic heterocycles. The monoisotopic (exact) mass is 570 g/mol. The molecule has 3 heterocycles. The highest BCUT2D eigenvalue weighted by Crippen LogP contribution is 2.48. The number of hydrogen-bond donors (Lipinski definition) is 4. The fraction of sp³-hybridized carbons (Fsp3) is 0.444. The molecule has 1 aromatic carbocycles. The van der Waals surface area contributed by atoms with Crippen molar-refractivity contribution < 1.29 is 22.7 Å². The fourth-order valence-corrected chi connectivity index (χ4v) is 6.14. The van der Waals surface area contributed by atoms with Gasteiger partial charge in [0.15, 0.2) is 5.03 Å². The van der Waals surface area contributed by atoms with Gasteiger partial charge in [0.05, 0.1) is 17.9 Å². The third kappa shape index (κ3) is 6.21. The number of nitrogens with two attached hydrogens (primary N) is 1. The number of amides is 1. The van der Waals surface area contributed by atoms with Gasteiger partial charge in [0.25, 0.3) is 10.0 Å². The van der Waals surface area contributed by atoms with Crippen LogP contribution in [0.15, 0.2) is 57.1 Å². The van der Waals surface area contributed by atoms with Gasteiger partial charge in [-0.1, -0.05) is 12.1 Å². The number of aromatic hydroxyl groups is 1. The van der Waals surface area contributed by atoms with Crippen LogP contribution in [0, 0.1) is 5.92 Å². The average molecular weight is 571 g/mol. The van der Waals surface area contributed by atoms with Gasteiger partial charge in [-0.25, -0.2) is 9.78 Å². The number of aryl methyl sites for hydroxylation is 1. The molecule has 3 aromatic rings. The SMILES string of the molecule is Cn1cnc(S(=O)(=O)Nc2cccc(C(c3c(O)cc(C(N)CCC(=O)N4CCNCC4)oc3=O)C3CC3)c2)c1. The van der Waals surface area contributed by atoms with Crippen molar-refractivity contribution in [3.8, 4) is 5.75 Å². The zero-order valence-corrected chi connectivity index (χ0v) is 23.1. The predicted molar refractivity (Wildman–Crippen MR) is 147 cm³/mol. The Morgan fingerprint density at radius 1 is 1.27 bits per heavy atom. The van der Waals surface area contributed by atoms with E-state index in [4.69, 9.17) is 10.2 Å². The van der Waals surface area contributed by atoms with E-state index in [2.05, 4.69) is 15.0 Å². The Balaban J connectivity index is 1.35. The number of carbonyl (C=O) groups is 1. The van der Waals surface area contributed by atoms with E-state index in [0.29, 0.717) is 24.3 Å². The summed E-state index contributed by atoms with van der Waals surface area (Å²) in [5.74, 6) is -0.521. The lowest BCUT2D eigenvalue weighted by Gasteiger charge is -2.27. The van der Waals surface area contributed by atoms with Crippen molar-refractivity contribution in [3.63, 3.8) is 0 Å². The molecule has 2 aromatic heterocycles. The van der Waals surface area contributed by atoms with Crippen LogP contribution in [0.2, 0.25) is 0 Å². The standard InChI is InChI=1S/C27H34N6O6S/c1-32-15-23(30-16-32)40(37,38)31-19-4-2-3-18(13-19)25(17-5-6-17)26-21(34)14-22(39-27(26)36)20(28)7-8-24(35)33-11-9-29-10-12-33/h2-4,13-17,20,25,29,31,34H,5-12,28H2,1H3. The Morgan fingerprint density at radius 2 is 2.02 bits per heavy atom. The van der Waals surface area contributed by atoms with Crippen LogP contribution >= 0.6 is 0 Å². The van der Waals surface area contributed by atoms with Crippen LogP contribution < -0.4 is 21.4 Å². The number of rotatable bonds is 10. The van der Waals surface area contributed by atoms with Crippen molar-refractivity contribution >= 4 is 21.6 Å². The summed E-state index contributed by atoms with van der Waals surface area (Å²) < 4.78 is 35.2. The second-order valence-corrected chi connectivity index (χ2v) is 12.1. The molecule has 12 nitrogen and oxygen atoms in total. The largest absolute Gasteiger partial charge is 0.507 e. The summed E-state index contributed by atoms with van der Waals surface area (Å²) in [5.41, 5.74) is 6.64. The van der Waals surface area contributed by atoms with Crippen molar-refractivity contribution in [2.24, 2.45) is 18.7 Å². The summed E-state index contributed by atoms with van der Waals surface area (Å²) in [6.07, 6.45) is 4.98. The third-order valence-electron chi connectivity index (χ3n) is 7.35. The van der Waals surface area contributed by atoms with E-state index in [0.717, 1.165) is 25.9 Å². The molecule has 5 N–H and O–H groups in total. The molecule has 1 amide bonds. The molecular weight excluding hydrogens is 536 g/mol. The van der Waals surface area contributed by atoms with E-state index in [1.54, 1.807) is 36.2 Å². The molecule has 0 spiro atoms. The molecule has 13 heteroatoms. The lowest BCUT2D eigenvalue weighted by molar-refractivity contribution is -0.131. The molecule has 2 unspecified atom stereocenters. The molecule has 2 aliphatic rings. The molecule has 1 saturated carbocycles. The Kier molecular flexibility index (Phi) is 7.97. The minimum absolute atomic E-state index is 0.00696. The number of sulfonamides is 1. The van der Waals surface area contributed by atoms with Crippen molar-refractivity contribution in [2.75, 3.05) is 30.9 Å². The molecule has 1 aliphatic carbocycles. The van der Waals surface area contributed by atoms with Crippen molar-refractivity contribution in [3.05, 3.63) is 70.2 Å². The van der Waals surface area contributed by atoms with Crippen molar-refractivity contribution in [1.82, 2.24) is 19.8 Å². The van der Waals surface area contributed by atoms with E-state index in [1.165, 1.54) is 23.2 Å². The van der Waals surface area contributed by atoms with Crippen LogP contribution in [0.1, 0.15) is 54.5 Å². The van der Waals surface area contributed by atoms with Gasteiger partial charge < -0.3 is 30.0 Å². The highest BCUT2D eigenvalue weighted by atomic mass is 32.2. The quantitative estimate of drug-likeness (QED) is 0.283. The normalized spacial score (nSPS) is 17.4. The van der Waals surface area contributed by atoms with Gasteiger partial charge in [0.2, 0.25) is 5.91 Å². The van der Waals surface area contributed by atoms with Gasteiger partial charge in [-0.15, -0.1) is 0 Å². The van der Waals surface area contributed by atoms with E-state index in [9.17, 15) is 23.1 Å². The van der Waals surface area contributed by atoms with Crippen LogP contribution in [0.4, 0.5) is 5.69 Å². The van der Waals surface area contributed by atoms with Gasteiger partial charge in [0, 0.05) is 63.5 Å². The Bertz CT molecular complexity index is 1540. The second-order valence-electron chi connectivity index (χ2n) is 10.4. The van der Waals surface area contributed by atoms with Crippen molar-refractivity contribution in [1.29, 1.82) is 0 Å². The van der Waals surface area contributed by atoms with Crippen LogP contribution in [-0.2, 0) is 21.9 Å². The summed E-state index contributed by atoms with van der Waals surface area (Å²) in [7, 11) is -2.23. The number of nitrogens with zero attached hydrogens (tertiary/aromatic N) is 3. The fourth-order valence-electron chi connectivity index (χ4n) is 5.11. The van der Waals surface area contributed by atoms with E-state index >= 15 is 0 Å². The van der Waals surface area contributed by atoms with E-state index in [-0.39, 0.29) is 46.8 Å². The summed E-state index contributed by atoms with van der Waals surface area (Å²) in [5, 5.41) is 14.1. The number of hydrogen-bond acceptors (Lipinski definition) is 9. The number of nitrogens with one attached hydrogen (secondary N) is 2. The van der Waals surface area contributed by atoms with Gasteiger partial charge in [-0.05, 0) is 42.9 Å². The van der Waals surface area contributed by atoms with Crippen LogP contribution in [-0.4, -0.2) is 60.1 Å². The summed E-state index contributed by atoms with van der Waals surface area (Å²) in [6, 6.07) is 7.38. The number of anilines is 1. The minimum atomic E-state index is -3.91. The lowest BCUT2D eigenvalue weighted by atomic mass is 9.87. The number of imidazole rings is 1. The molecule has 2 atom stereocenters. The molecule has 40 heavy (non-hydrogen) atoms. The number of carbonyl (C=O) groups excluding carboxylic acids is 1. The van der Waals surface area contributed by atoms with E-state index < -0.39 is 27.6 Å². The van der Waals surface area contributed by atoms with Gasteiger partial charge in [-0.3, -0.25) is 9.52 Å². The van der Waals surface area contributed by atoms with Gasteiger partial charge in [-0.2, -0.15) is 8.42 Å². The van der Waals surface area contributed by atoms with Crippen LogP contribution in [0.25, 0.3) is 0 Å². The number of aromatic nitrogens is 2. The number of piperazine rings is 1. The Labute approximate surface area is 232 Å². The Morgan fingerprint density at radius 3 is 2.67 bits per heavy atom. The molecule has 2 fully saturated rings. The Hall–Kier alpha value is -3.68. The maximum absolute atomic E-state index is 13.2. The first-order chi connectivity index (χ1) is 19.1. The third-order valence-corrected chi connectivity index (χ3v) is 8.61. The summed E-state index contributed by atoms with van der Waals surface area (Å²) in [6.45, 7) is 2.80. The molecular formula is C27H34N6O6S. The first-order valence-electron chi connectivity index (χ1n) is 13.3. The van der Waals surface area contributed by atoms with Crippen molar-refractivity contribution in [2.45, 2.75) is 42.7 Å². The topological polar surface area (TPSA) is 173 Å². The summed E-state index contributed by atoms with van der Waals surface area (Å²) >= 11 is 0. The summed E-state index contributed by atoms with van der Waals surface area (Å²) in [4.78, 5) is 31.4. The first kappa shape index (κ1) is 27.9. The lowest BCUT2D eigenvalue weighted by Crippen LogP contribution is -2.46. The predicted octanol–water partition coefficient (Wildman–Crippen LogP) is 1.63. The van der Waals surface area contributed by atoms with Crippen LogP contribution in [0.5, 0.6) is 5.75 Å². The minimum Gasteiger partial charge on any atom is -0.507 e.